The summed E-state index contributed by atoms with van der Waals surface area (Å²) in [5, 5.41) is 4.66. The Morgan fingerprint density at radius 2 is 2.26 bits per heavy atom. The zero-order valence-electron chi connectivity index (χ0n) is 10.7. The molecule has 0 atom stereocenters. The summed E-state index contributed by atoms with van der Waals surface area (Å²) in [6, 6.07) is 3.61. The Kier molecular flexibility index (Phi) is 4.95. The Balaban J connectivity index is 1.71. The predicted molar refractivity (Wildman–Crippen MR) is 75.9 cm³/mol. The average Bonchev–Trinajstić information content (AvgIpc) is 2.89. The van der Waals surface area contributed by atoms with Gasteiger partial charge in [-0.15, -0.1) is 11.3 Å². The van der Waals surface area contributed by atoms with Gasteiger partial charge < -0.3 is 5.32 Å². The Labute approximate surface area is 117 Å². The van der Waals surface area contributed by atoms with Crippen LogP contribution in [0.25, 0.3) is 0 Å². The van der Waals surface area contributed by atoms with Crippen molar-refractivity contribution < 1.29 is 13.2 Å². The van der Waals surface area contributed by atoms with Gasteiger partial charge in [-0.2, -0.15) is 0 Å². The number of sulfonamides is 1. The fourth-order valence-corrected chi connectivity index (χ4v) is 4.33. The molecule has 2 rings (SSSR count). The van der Waals surface area contributed by atoms with Crippen molar-refractivity contribution in [1.82, 2.24) is 9.62 Å². The molecular weight excluding hydrogens is 284 g/mol. The van der Waals surface area contributed by atoms with Crippen LogP contribution in [0.4, 0.5) is 0 Å². The Morgan fingerprint density at radius 3 is 2.95 bits per heavy atom. The number of hydrogen-bond donors (Lipinski definition) is 1. The standard InChI is InChI=1S/C12H18N2O3S2/c15-12(11-5-3-9-18-11)13-6-4-8-14-7-1-2-10-19(14,16)17/h3,5,9H,1-2,4,6-8,10H2,(H,13,15). The molecule has 0 aromatic carbocycles. The molecule has 0 radical (unpaired) electrons. The second-order valence-electron chi connectivity index (χ2n) is 4.51. The van der Waals surface area contributed by atoms with Crippen molar-refractivity contribution in [2.24, 2.45) is 0 Å². The summed E-state index contributed by atoms with van der Waals surface area (Å²) < 4.78 is 25.0. The Hall–Kier alpha value is -0.920. The van der Waals surface area contributed by atoms with E-state index in [2.05, 4.69) is 5.32 Å². The van der Waals surface area contributed by atoms with E-state index >= 15 is 0 Å². The van der Waals surface area contributed by atoms with Gasteiger partial charge in [-0.25, -0.2) is 12.7 Å². The molecule has 2 heterocycles. The molecular formula is C12H18N2O3S2. The van der Waals surface area contributed by atoms with E-state index in [0.29, 0.717) is 30.9 Å². The maximum Gasteiger partial charge on any atom is 0.261 e. The molecule has 1 aliphatic heterocycles. The Morgan fingerprint density at radius 1 is 1.42 bits per heavy atom. The lowest BCUT2D eigenvalue weighted by atomic mass is 10.3. The zero-order valence-corrected chi connectivity index (χ0v) is 12.3. The largest absolute Gasteiger partial charge is 0.351 e. The van der Waals surface area contributed by atoms with Crippen LogP contribution in [0.15, 0.2) is 17.5 Å². The van der Waals surface area contributed by atoms with Crippen molar-refractivity contribution in [3.8, 4) is 0 Å². The topological polar surface area (TPSA) is 66.5 Å². The number of carbonyl (C=O) groups is 1. The highest BCUT2D eigenvalue weighted by Crippen LogP contribution is 2.13. The minimum atomic E-state index is -3.04. The quantitative estimate of drug-likeness (QED) is 0.834. The Bertz CT molecular complexity index is 511. The zero-order chi connectivity index (χ0) is 13.7. The third-order valence-electron chi connectivity index (χ3n) is 3.07. The van der Waals surface area contributed by atoms with E-state index in [-0.39, 0.29) is 11.7 Å². The summed E-state index contributed by atoms with van der Waals surface area (Å²) in [4.78, 5) is 12.3. The van der Waals surface area contributed by atoms with Crippen molar-refractivity contribution >= 4 is 27.3 Å². The lowest BCUT2D eigenvalue weighted by molar-refractivity contribution is 0.0957. The first-order valence-electron chi connectivity index (χ1n) is 6.39. The van der Waals surface area contributed by atoms with Crippen LogP contribution in [0.2, 0.25) is 0 Å². The van der Waals surface area contributed by atoms with Gasteiger partial charge in [-0.1, -0.05) is 6.07 Å². The van der Waals surface area contributed by atoms with E-state index in [1.807, 2.05) is 11.4 Å². The van der Waals surface area contributed by atoms with Gasteiger partial charge >= 0.3 is 0 Å². The van der Waals surface area contributed by atoms with Crippen LogP contribution in [0.1, 0.15) is 28.9 Å². The summed E-state index contributed by atoms with van der Waals surface area (Å²) in [6.45, 7) is 1.61. The number of hydrogen-bond acceptors (Lipinski definition) is 4. The number of nitrogens with one attached hydrogen (secondary N) is 1. The molecule has 1 aliphatic rings. The second-order valence-corrected chi connectivity index (χ2v) is 7.55. The minimum Gasteiger partial charge on any atom is -0.351 e. The molecule has 1 fully saturated rings. The smallest absolute Gasteiger partial charge is 0.261 e. The summed E-state index contributed by atoms with van der Waals surface area (Å²) in [5.41, 5.74) is 0. The third-order valence-corrected chi connectivity index (χ3v) is 5.89. The number of nitrogens with zero attached hydrogens (tertiary/aromatic N) is 1. The first kappa shape index (κ1) is 14.5. The molecule has 0 saturated carbocycles. The van der Waals surface area contributed by atoms with Crippen molar-refractivity contribution in [1.29, 1.82) is 0 Å². The van der Waals surface area contributed by atoms with Crippen LogP contribution in [0.5, 0.6) is 0 Å². The van der Waals surface area contributed by atoms with Crippen molar-refractivity contribution in [3.05, 3.63) is 22.4 Å². The summed E-state index contributed by atoms with van der Waals surface area (Å²) >= 11 is 1.40. The number of carbonyl (C=O) groups excluding carboxylic acids is 1. The van der Waals surface area contributed by atoms with E-state index in [0.717, 1.165) is 12.8 Å². The molecule has 1 amide bonds. The first-order valence-corrected chi connectivity index (χ1v) is 8.88. The maximum absolute atomic E-state index is 11.7. The van der Waals surface area contributed by atoms with Crippen LogP contribution < -0.4 is 5.32 Å². The minimum absolute atomic E-state index is 0.0866. The van der Waals surface area contributed by atoms with Crippen LogP contribution in [-0.2, 0) is 10.0 Å². The number of thiophene rings is 1. The fraction of sp³-hybridized carbons (Fsp3) is 0.583. The van der Waals surface area contributed by atoms with Gasteiger partial charge in [0.05, 0.1) is 10.6 Å². The molecule has 0 spiro atoms. The van der Waals surface area contributed by atoms with Gasteiger partial charge in [-0.3, -0.25) is 4.79 Å². The molecule has 0 unspecified atom stereocenters. The highest BCUT2D eigenvalue weighted by Gasteiger charge is 2.24. The van der Waals surface area contributed by atoms with Crippen LogP contribution in [0, 0.1) is 0 Å². The summed E-state index contributed by atoms with van der Waals surface area (Å²) in [7, 11) is -3.04. The summed E-state index contributed by atoms with van der Waals surface area (Å²) in [6.07, 6.45) is 2.34. The highest BCUT2D eigenvalue weighted by molar-refractivity contribution is 7.89. The molecule has 0 aliphatic carbocycles. The molecule has 7 heteroatoms. The van der Waals surface area contributed by atoms with Crippen LogP contribution >= 0.6 is 11.3 Å². The van der Waals surface area contributed by atoms with Gasteiger partial charge in [0.25, 0.3) is 5.91 Å². The molecule has 0 bridgehead atoms. The molecule has 1 N–H and O–H groups in total. The number of rotatable bonds is 5. The van der Waals surface area contributed by atoms with Crippen molar-refractivity contribution in [2.75, 3.05) is 25.4 Å². The molecule has 1 saturated heterocycles. The SMILES string of the molecule is O=C(NCCCN1CCCCS1(=O)=O)c1cccs1. The lowest BCUT2D eigenvalue weighted by Crippen LogP contribution is -2.39. The summed E-state index contributed by atoms with van der Waals surface area (Å²) in [5.74, 6) is 0.172. The monoisotopic (exact) mass is 302 g/mol. The average molecular weight is 302 g/mol. The highest BCUT2D eigenvalue weighted by atomic mass is 32.2. The van der Waals surface area contributed by atoms with Gasteiger partial charge in [0.2, 0.25) is 10.0 Å². The second kappa shape index (κ2) is 6.49. The fourth-order valence-electron chi connectivity index (χ4n) is 2.04. The third kappa shape index (κ3) is 4.02. The van der Waals surface area contributed by atoms with Crippen LogP contribution in [-0.4, -0.2) is 44.0 Å². The van der Waals surface area contributed by atoms with E-state index in [1.54, 1.807) is 6.07 Å². The maximum atomic E-state index is 11.7. The molecule has 1 aromatic heterocycles. The molecule has 19 heavy (non-hydrogen) atoms. The predicted octanol–water partition coefficient (Wildman–Crippen LogP) is 1.29. The normalized spacial score (nSPS) is 19.2. The van der Waals surface area contributed by atoms with Crippen molar-refractivity contribution in [2.45, 2.75) is 19.3 Å². The van der Waals surface area contributed by atoms with E-state index in [1.165, 1.54) is 15.6 Å². The number of amides is 1. The van der Waals surface area contributed by atoms with E-state index in [4.69, 9.17) is 0 Å². The van der Waals surface area contributed by atoms with Gasteiger partial charge in [0, 0.05) is 19.6 Å². The van der Waals surface area contributed by atoms with Gasteiger partial charge in [0.15, 0.2) is 0 Å². The molecule has 106 valence electrons. The van der Waals surface area contributed by atoms with Crippen molar-refractivity contribution in [3.63, 3.8) is 0 Å². The van der Waals surface area contributed by atoms with Gasteiger partial charge in [0.1, 0.15) is 0 Å². The lowest BCUT2D eigenvalue weighted by Gasteiger charge is -2.26. The van der Waals surface area contributed by atoms with Gasteiger partial charge in [-0.05, 0) is 30.7 Å². The molecule has 1 aromatic rings. The van der Waals surface area contributed by atoms with E-state index in [9.17, 15) is 13.2 Å². The van der Waals surface area contributed by atoms with Crippen LogP contribution in [0.3, 0.4) is 0 Å². The van der Waals surface area contributed by atoms with E-state index < -0.39 is 10.0 Å². The first-order chi connectivity index (χ1) is 9.09. The molecule has 5 nitrogen and oxygen atoms in total.